The number of aliphatic imine (C=N–C) groups is 1. The van der Waals surface area contributed by atoms with Crippen molar-refractivity contribution in [3.63, 3.8) is 0 Å². The third kappa shape index (κ3) is 6.22. The SMILES string of the molecule is CN=C(NCc1cccc(Cn2ccnc2C)c1)N1CCC(CC(C)C)C1.I. The number of likely N-dealkylation sites (tertiary alicyclic amines) is 1. The molecule has 1 unspecified atom stereocenters. The summed E-state index contributed by atoms with van der Waals surface area (Å²) < 4.78 is 2.17. The summed E-state index contributed by atoms with van der Waals surface area (Å²) >= 11 is 0. The van der Waals surface area contributed by atoms with E-state index in [-0.39, 0.29) is 24.0 Å². The Hall–Kier alpha value is -1.57. The molecule has 2 heterocycles. The number of nitrogens with one attached hydrogen (secondary N) is 1. The molecule has 1 aromatic heterocycles. The minimum absolute atomic E-state index is 0. The molecule has 1 aliphatic heterocycles. The molecule has 0 amide bonds. The molecule has 5 nitrogen and oxygen atoms in total. The number of guanidine groups is 1. The van der Waals surface area contributed by atoms with E-state index in [1.807, 2.05) is 26.4 Å². The first-order chi connectivity index (χ1) is 13.0. The van der Waals surface area contributed by atoms with Crippen LogP contribution in [0.1, 0.15) is 43.6 Å². The average molecular weight is 495 g/mol. The quantitative estimate of drug-likeness (QED) is 0.369. The van der Waals surface area contributed by atoms with Crippen LogP contribution in [0.4, 0.5) is 0 Å². The van der Waals surface area contributed by atoms with Gasteiger partial charge in [0, 0.05) is 45.6 Å². The fourth-order valence-corrected chi connectivity index (χ4v) is 4.00. The van der Waals surface area contributed by atoms with Gasteiger partial charge in [-0.2, -0.15) is 0 Å². The molecule has 1 aromatic carbocycles. The first-order valence-electron chi connectivity index (χ1n) is 10.1. The van der Waals surface area contributed by atoms with Gasteiger partial charge >= 0.3 is 0 Å². The lowest BCUT2D eigenvalue weighted by atomic mass is 9.97. The molecule has 1 atom stereocenters. The number of hydrogen-bond acceptors (Lipinski definition) is 2. The third-order valence-corrected chi connectivity index (χ3v) is 5.32. The van der Waals surface area contributed by atoms with Gasteiger partial charge in [0.2, 0.25) is 0 Å². The van der Waals surface area contributed by atoms with Gasteiger partial charge in [-0.05, 0) is 42.7 Å². The lowest BCUT2D eigenvalue weighted by molar-refractivity contribution is 0.403. The summed E-state index contributed by atoms with van der Waals surface area (Å²) in [5.74, 6) is 3.64. The highest BCUT2D eigenvalue weighted by Gasteiger charge is 2.25. The van der Waals surface area contributed by atoms with Crippen LogP contribution in [0.5, 0.6) is 0 Å². The summed E-state index contributed by atoms with van der Waals surface area (Å²) in [5.41, 5.74) is 2.58. The van der Waals surface area contributed by atoms with Crippen LogP contribution < -0.4 is 5.32 Å². The summed E-state index contributed by atoms with van der Waals surface area (Å²) in [5, 5.41) is 3.56. The molecule has 3 rings (SSSR count). The number of nitrogens with zero attached hydrogens (tertiary/aromatic N) is 4. The second-order valence-electron chi connectivity index (χ2n) is 8.05. The summed E-state index contributed by atoms with van der Waals surface area (Å²) in [6.07, 6.45) is 6.47. The molecule has 0 bridgehead atoms. The number of rotatable bonds is 6. The van der Waals surface area contributed by atoms with E-state index in [2.05, 4.69) is 62.9 Å². The van der Waals surface area contributed by atoms with Crippen molar-refractivity contribution in [1.82, 2.24) is 19.8 Å². The van der Waals surface area contributed by atoms with E-state index < -0.39 is 0 Å². The number of benzene rings is 1. The fraction of sp³-hybridized carbons (Fsp3) is 0.545. The largest absolute Gasteiger partial charge is 0.352 e. The minimum Gasteiger partial charge on any atom is -0.352 e. The molecule has 1 N–H and O–H groups in total. The van der Waals surface area contributed by atoms with E-state index >= 15 is 0 Å². The monoisotopic (exact) mass is 495 g/mol. The Kier molecular flexibility index (Phi) is 8.79. The van der Waals surface area contributed by atoms with Crippen molar-refractivity contribution in [2.75, 3.05) is 20.1 Å². The van der Waals surface area contributed by atoms with Crippen LogP contribution in [0, 0.1) is 18.8 Å². The van der Waals surface area contributed by atoms with E-state index in [1.165, 1.54) is 24.0 Å². The van der Waals surface area contributed by atoms with Crippen LogP contribution in [0.15, 0.2) is 41.7 Å². The highest BCUT2D eigenvalue weighted by molar-refractivity contribution is 14.0. The van der Waals surface area contributed by atoms with E-state index in [0.717, 1.165) is 49.8 Å². The van der Waals surface area contributed by atoms with Gasteiger partial charge in [0.25, 0.3) is 0 Å². The van der Waals surface area contributed by atoms with E-state index in [4.69, 9.17) is 0 Å². The standard InChI is InChI=1S/C22H33N5.HI/c1-17(2)12-21-8-10-27(16-21)22(23-4)25-14-19-6-5-7-20(13-19)15-26-11-9-24-18(26)3;/h5-7,9,11,13,17,21H,8,10,12,14-16H2,1-4H3,(H,23,25);1H. The van der Waals surface area contributed by atoms with Crippen LogP contribution in [0.2, 0.25) is 0 Å². The second kappa shape index (κ2) is 10.8. The molecule has 154 valence electrons. The smallest absolute Gasteiger partial charge is 0.193 e. The number of imidazole rings is 1. The Morgan fingerprint density at radius 3 is 2.79 bits per heavy atom. The molecule has 28 heavy (non-hydrogen) atoms. The molecule has 1 fully saturated rings. The maximum absolute atomic E-state index is 4.51. The summed E-state index contributed by atoms with van der Waals surface area (Å²) in [6.45, 7) is 10.6. The highest BCUT2D eigenvalue weighted by Crippen LogP contribution is 2.23. The topological polar surface area (TPSA) is 45.5 Å². The van der Waals surface area contributed by atoms with Crippen LogP contribution >= 0.6 is 24.0 Å². The van der Waals surface area contributed by atoms with Crippen molar-refractivity contribution < 1.29 is 0 Å². The first-order valence-corrected chi connectivity index (χ1v) is 10.1. The van der Waals surface area contributed by atoms with E-state index in [0.29, 0.717) is 0 Å². The van der Waals surface area contributed by atoms with Gasteiger partial charge < -0.3 is 14.8 Å². The van der Waals surface area contributed by atoms with Crippen molar-refractivity contribution >= 4 is 29.9 Å². The van der Waals surface area contributed by atoms with Gasteiger partial charge in [0.15, 0.2) is 5.96 Å². The predicted molar refractivity (Wildman–Crippen MR) is 127 cm³/mol. The zero-order chi connectivity index (χ0) is 19.2. The Balaban J connectivity index is 0.00000280. The Morgan fingerprint density at radius 1 is 1.32 bits per heavy atom. The molecule has 0 saturated carbocycles. The molecule has 1 aliphatic rings. The van der Waals surface area contributed by atoms with Gasteiger partial charge in [0.05, 0.1) is 0 Å². The molecule has 0 radical (unpaired) electrons. The molecule has 1 saturated heterocycles. The summed E-state index contributed by atoms with van der Waals surface area (Å²) in [4.78, 5) is 11.2. The average Bonchev–Trinajstić information content (AvgIpc) is 3.25. The third-order valence-electron chi connectivity index (χ3n) is 5.32. The molecular formula is C22H34IN5. The van der Waals surface area contributed by atoms with Crippen molar-refractivity contribution in [3.8, 4) is 0 Å². The molecule has 0 aliphatic carbocycles. The highest BCUT2D eigenvalue weighted by atomic mass is 127. The molecule has 0 spiro atoms. The van der Waals surface area contributed by atoms with Crippen LogP contribution in [0.3, 0.4) is 0 Å². The van der Waals surface area contributed by atoms with Gasteiger partial charge in [-0.15, -0.1) is 24.0 Å². The maximum atomic E-state index is 4.51. The van der Waals surface area contributed by atoms with Gasteiger partial charge in [-0.1, -0.05) is 38.1 Å². The van der Waals surface area contributed by atoms with Crippen LogP contribution in [-0.2, 0) is 13.1 Å². The van der Waals surface area contributed by atoms with Gasteiger partial charge in [-0.3, -0.25) is 4.99 Å². The van der Waals surface area contributed by atoms with Crippen LogP contribution in [0.25, 0.3) is 0 Å². The van der Waals surface area contributed by atoms with Crippen molar-refractivity contribution in [2.24, 2.45) is 16.8 Å². The lowest BCUT2D eigenvalue weighted by Gasteiger charge is -2.22. The zero-order valence-corrected chi connectivity index (χ0v) is 19.9. The zero-order valence-electron chi connectivity index (χ0n) is 17.6. The Bertz CT molecular complexity index is 768. The lowest BCUT2D eigenvalue weighted by Crippen LogP contribution is -2.39. The predicted octanol–water partition coefficient (Wildman–Crippen LogP) is 4.30. The van der Waals surface area contributed by atoms with Crippen molar-refractivity contribution in [1.29, 1.82) is 0 Å². The van der Waals surface area contributed by atoms with Gasteiger partial charge in [-0.25, -0.2) is 4.98 Å². The normalized spacial score (nSPS) is 17.1. The van der Waals surface area contributed by atoms with Gasteiger partial charge in [0.1, 0.15) is 5.82 Å². The molecule has 2 aromatic rings. The van der Waals surface area contributed by atoms with E-state index in [9.17, 15) is 0 Å². The number of halogens is 1. The minimum atomic E-state index is 0. The van der Waals surface area contributed by atoms with Crippen molar-refractivity contribution in [3.05, 3.63) is 53.6 Å². The summed E-state index contributed by atoms with van der Waals surface area (Å²) in [6, 6.07) is 8.76. The maximum Gasteiger partial charge on any atom is 0.193 e. The molecule has 6 heteroatoms. The summed E-state index contributed by atoms with van der Waals surface area (Å²) in [7, 11) is 1.89. The number of aryl methyl sites for hydroxylation is 1. The fourth-order valence-electron chi connectivity index (χ4n) is 4.00. The van der Waals surface area contributed by atoms with E-state index in [1.54, 1.807) is 0 Å². The Labute approximate surface area is 186 Å². The molecular weight excluding hydrogens is 461 g/mol. The van der Waals surface area contributed by atoms with Crippen LogP contribution in [-0.4, -0.2) is 40.5 Å². The first kappa shape index (κ1) is 22.7. The van der Waals surface area contributed by atoms with Crippen molar-refractivity contribution in [2.45, 2.75) is 46.7 Å². The number of hydrogen-bond donors (Lipinski definition) is 1. The second-order valence-corrected chi connectivity index (χ2v) is 8.05. The number of aromatic nitrogens is 2. The Morgan fingerprint density at radius 2 is 2.11 bits per heavy atom.